The maximum atomic E-state index is 11.7. The van der Waals surface area contributed by atoms with Gasteiger partial charge in [-0.15, -0.1) is 0 Å². The summed E-state index contributed by atoms with van der Waals surface area (Å²) in [6.07, 6.45) is -11.7. The quantitative estimate of drug-likeness (QED) is 0.272. The van der Waals surface area contributed by atoms with Crippen molar-refractivity contribution in [1.29, 1.82) is 0 Å². The average Bonchev–Trinajstić information content (AvgIpc) is 2.78. The number of rotatable bonds is 9. The van der Waals surface area contributed by atoms with Crippen LogP contribution in [0.4, 0.5) is 0 Å². The maximum Gasteiger partial charge on any atom is 0.303 e. The molecule has 2 saturated heterocycles. The molecule has 0 amide bonds. The topological polar surface area (TPSA) is 183 Å². The maximum absolute atomic E-state index is 11.7. The molecular formula is C22H34O14. The van der Waals surface area contributed by atoms with Crippen LogP contribution < -0.4 is 0 Å². The van der Waals surface area contributed by atoms with E-state index in [9.17, 15) is 29.4 Å². The van der Waals surface area contributed by atoms with Gasteiger partial charge < -0.3 is 48.1 Å². The zero-order valence-corrected chi connectivity index (χ0v) is 21.0. The van der Waals surface area contributed by atoms with Crippen molar-refractivity contribution in [2.75, 3.05) is 20.3 Å². The van der Waals surface area contributed by atoms with Crippen LogP contribution in [-0.2, 0) is 57.1 Å². The van der Waals surface area contributed by atoms with E-state index < -0.39 is 85.1 Å². The Morgan fingerprint density at radius 3 is 1.64 bits per heavy atom. The molecule has 2 aliphatic rings. The van der Waals surface area contributed by atoms with Crippen LogP contribution in [0.5, 0.6) is 0 Å². The predicted molar refractivity (Wildman–Crippen MR) is 115 cm³/mol. The van der Waals surface area contributed by atoms with Crippen LogP contribution in [0.25, 0.3) is 0 Å². The summed E-state index contributed by atoms with van der Waals surface area (Å²) >= 11 is 0. The second-order valence-corrected chi connectivity index (χ2v) is 8.52. The van der Waals surface area contributed by atoms with Gasteiger partial charge in [0.15, 0.2) is 24.8 Å². The first-order valence-electron chi connectivity index (χ1n) is 11.3. The van der Waals surface area contributed by atoms with E-state index >= 15 is 0 Å². The summed E-state index contributed by atoms with van der Waals surface area (Å²) in [6.45, 7) is 5.61. The summed E-state index contributed by atoms with van der Waals surface area (Å²) in [4.78, 5) is 46.1. The van der Waals surface area contributed by atoms with Crippen molar-refractivity contribution in [3.05, 3.63) is 0 Å². The van der Waals surface area contributed by atoms with Crippen molar-refractivity contribution in [2.24, 2.45) is 5.92 Å². The molecule has 4 unspecified atom stereocenters. The second kappa shape index (κ2) is 13.3. The molecule has 2 rings (SSSR count). The summed E-state index contributed by atoms with van der Waals surface area (Å²) < 4.78 is 43.2. The smallest absolute Gasteiger partial charge is 0.303 e. The molecule has 36 heavy (non-hydrogen) atoms. The number of esters is 4. The van der Waals surface area contributed by atoms with Gasteiger partial charge >= 0.3 is 23.9 Å². The van der Waals surface area contributed by atoms with Gasteiger partial charge in [-0.05, 0) is 0 Å². The Kier molecular flexibility index (Phi) is 11.0. The van der Waals surface area contributed by atoms with Crippen molar-refractivity contribution >= 4 is 23.9 Å². The van der Waals surface area contributed by atoms with Crippen molar-refractivity contribution in [3.63, 3.8) is 0 Å². The molecule has 0 radical (unpaired) electrons. The normalized spacial score (nSPS) is 36.4. The standard InChI is InChI=1S/C22H34O14/c1-9-14(7-30-10(2)23)34-22(19(16(9)27)32-12(4)25)36-18-15(8-31-11(3)24)35-21(29-6)20(17(18)28)33-13(5)26/h9,14-22,27-28H,7-8H2,1-6H3/t9-,14?,15+,16+,17?,18-,19?,20?,21-,22+/m1/s1. The first kappa shape index (κ1) is 29.9. The van der Waals surface area contributed by atoms with Crippen LogP contribution in [0.2, 0.25) is 0 Å². The number of methoxy groups -OCH3 is 1. The molecule has 0 spiro atoms. The Labute approximate surface area is 208 Å². The third-order valence-electron chi connectivity index (χ3n) is 5.69. The molecule has 0 bridgehead atoms. The van der Waals surface area contributed by atoms with Crippen LogP contribution in [0.3, 0.4) is 0 Å². The van der Waals surface area contributed by atoms with Crippen molar-refractivity contribution in [3.8, 4) is 0 Å². The fourth-order valence-electron chi connectivity index (χ4n) is 3.93. The highest BCUT2D eigenvalue weighted by molar-refractivity contribution is 5.67. The van der Waals surface area contributed by atoms with Crippen LogP contribution in [0.1, 0.15) is 34.6 Å². The molecule has 206 valence electrons. The molecule has 2 N–H and O–H groups in total. The van der Waals surface area contributed by atoms with Gasteiger partial charge in [0.1, 0.15) is 43.7 Å². The number of aliphatic hydroxyl groups is 2. The van der Waals surface area contributed by atoms with Crippen LogP contribution in [0, 0.1) is 5.92 Å². The third-order valence-corrected chi connectivity index (χ3v) is 5.69. The summed E-state index contributed by atoms with van der Waals surface area (Å²) in [6, 6.07) is 0. The van der Waals surface area contributed by atoms with Gasteiger partial charge in [-0.1, -0.05) is 6.92 Å². The molecule has 14 nitrogen and oxygen atoms in total. The van der Waals surface area contributed by atoms with Crippen molar-refractivity contribution in [2.45, 2.75) is 89.9 Å². The lowest BCUT2D eigenvalue weighted by molar-refractivity contribution is -0.354. The molecule has 0 aromatic carbocycles. The molecular weight excluding hydrogens is 488 g/mol. The highest BCUT2D eigenvalue weighted by Gasteiger charge is 2.53. The number of aliphatic hydroxyl groups excluding tert-OH is 2. The number of ether oxygens (including phenoxy) is 8. The zero-order chi connectivity index (χ0) is 27.2. The van der Waals surface area contributed by atoms with Gasteiger partial charge in [0.05, 0.1) is 0 Å². The molecule has 0 aliphatic carbocycles. The molecule has 0 aromatic rings. The van der Waals surface area contributed by atoms with Crippen LogP contribution >= 0.6 is 0 Å². The SMILES string of the molecule is CO[C@@H]1O[C@@H](COC(C)=O)[C@@H](O[C@@H]2OC(COC(C)=O)[C@@H](C)[C@H](O)C2OC(C)=O)C(O)C1OC(C)=O. The van der Waals surface area contributed by atoms with Crippen LogP contribution in [0.15, 0.2) is 0 Å². The number of carbonyl (C=O) groups excluding carboxylic acids is 4. The monoisotopic (exact) mass is 522 g/mol. The number of hydrogen-bond acceptors (Lipinski definition) is 14. The summed E-state index contributed by atoms with van der Waals surface area (Å²) in [5.74, 6) is -3.34. The first-order valence-corrected chi connectivity index (χ1v) is 11.3. The summed E-state index contributed by atoms with van der Waals surface area (Å²) in [5.41, 5.74) is 0. The molecule has 10 atom stereocenters. The molecule has 0 aromatic heterocycles. The number of hydrogen-bond donors (Lipinski definition) is 2. The van der Waals surface area contributed by atoms with E-state index in [0.29, 0.717) is 0 Å². The molecule has 14 heteroatoms. The van der Waals surface area contributed by atoms with Gasteiger partial charge in [0, 0.05) is 40.7 Å². The lowest BCUT2D eigenvalue weighted by Crippen LogP contribution is -2.64. The lowest BCUT2D eigenvalue weighted by atomic mass is 9.90. The van der Waals surface area contributed by atoms with E-state index in [1.807, 2.05) is 0 Å². The average molecular weight is 523 g/mol. The van der Waals surface area contributed by atoms with Gasteiger partial charge in [-0.2, -0.15) is 0 Å². The van der Waals surface area contributed by atoms with E-state index in [1.54, 1.807) is 6.92 Å². The minimum Gasteiger partial charge on any atom is -0.463 e. The minimum atomic E-state index is -1.59. The van der Waals surface area contributed by atoms with Gasteiger partial charge in [0.25, 0.3) is 0 Å². The third kappa shape index (κ3) is 7.82. The van der Waals surface area contributed by atoms with E-state index in [4.69, 9.17) is 37.9 Å². The van der Waals surface area contributed by atoms with Crippen molar-refractivity contribution in [1.82, 2.24) is 0 Å². The van der Waals surface area contributed by atoms with Gasteiger partial charge in [-0.3, -0.25) is 19.2 Å². The Bertz CT molecular complexity index is 783. The highest BCUT2D eigenvalue weighted by atomic mass is 16.8. The Morgan fingerprint density at radius 2 is 1.17 bits per heavy atom. The predicted octanol–water partition coefficient (Wildman–Crippen LogP) is -1.18. The Balaban J connectivity index is 2.37. The fourth-order valence-corrected chi connectivity index (χ4v) is 3.93. The molecule has 0 saturated carbocycles. The Morgan fingerprint density at radius 1 is 0.694 bits per heavy atom. The van der Waals surface area contributed by atoms with Gasteiger partial charge in [-0.25, -0.2) is 0 Å². The summed E-state index contributed by atoms with van der Waals surface area (Å²) in [5, 5.41) is 21.9. The fraction of sp³-hybridized carbons (Fsp3) is 0.818. The lowest BCUT2D eigenvalue weighted by Gasteiger charge is -2.47. The largest absolute Gasteiger partial charge is 0.463 e. The summed E-state index contributed by atoms with van der Waals surface area (Å²) in [7, 11) is 1.26. The van der Waals surface area contributed by atoms with Crippen LogP contribution in [-0.4, -0.2) is 110 Å². The first-order chi connectivity index (χ1) is 16.8. The number of carbonyl (C=O) groups is 4. The van der Waals surface area contributed by atoms with E-state index in [-0.39, 0.29) is 13.2 Å². The highest BCUT2D eigenvalue weighted by Crippen LogP contribution is 2.33. The molecule has 2 aliphatic heterocycles. The zero-order valence-electron chi connectivity index (χ0n) is 21.0. The molecule has 2 heterocycles. The van der Waals surface area contributed by atoms with E-state index in [1.165, 1.54) is 21.0 Å². The second-order valence-electron chi connectivity index (χ2n) is 8.52. The molecule has 2 fully saturated rings. The van der Waals surface area contributed by atoms with E-state index in [2.05, 4.69) is 0 Å². The minimum absolute atomic E-state index is 0.234. The van der Waals surface area contributed by atoms with Gasteiger partial charge in [0.2, 0.25) is 0 Å². The van der Waals surface area contributed by atoms with E-state index in [0.717, 1.165) is 13.8 Å². The Hall–Kier alpha value is -2.36. The van der Waals surface area contributed by atoms with Crippen molar-refractivity contribution < 1.29 is 67.3 Å².